The normalized spacial score (nSPS) is 29.2. The molecule has 2 saturated carbocycles. The van der Waals surface area contributed by atoms with Gasteiger partial charge in [-0.1, -0.05) is 38.5 Å². The fourth-order valence-corrected chi connectivity index (χ4v) is 2.26. The van der Waals surface area contributed by atoms with E-state index in [0.29, 0.717) is 0 Å². The minimum absolute atomic E-state index is 0.800. The molecule has 2 fully saturated rings. The average Bonchev–Trinajstić information content (AvgIpc) is 1.74. The Kier molecular flexibility index (Phi) is 2.20. The van der Waals surface area contributed by atoms with Crippen LogP contribution in [0.15, 0.2) is 0 Å². The van der Waals surface area contributed by atoms with E-state index in [2.05, 4.69) is 6.92 Å². The molecule has 0 aromatic carbocycles. The molecule has 0 aromatic rings. The summed E-state index contributed by atoms with van der Waals surface area (Å²) in [5, 5.41) is 0. The number of hydrogen-bond acceptors (Lipinski definition) is 0. The Labute approximate surface area is 70.4 Å². The topological polar surface area (TPSA) is 0 Å². The monoisotopic (exact) mass is 151 g/mol. The van der Waals surface area contributed by atoms with Crippen molar-refractivity contribution in [2.45, 2.75) is 44.9 Å². The second-order valence-corrected chi connectivity index (χ2v) is 4.48. The maximum Gasteiger partial charge on any atom is -0.0383 e. The fraction of sp³-hybridized carbons (Fsp3) is 0.909. The van der Waals surface area contributed by atoms with Gasteiger partial charge in [-0.2, -0.15) is 0 Å². The minimum Gasteiger partial charge on any atom is -0.0528 e. The van der Waals surface area contributed by atoms with Gasteiger partial charge in [0.15, 0.2) is 0 Å². The summed E-state index contributed by atoms with van der Waals surface area (Å²) in [5.41, 5.74) is 0. The molecule has 0 amide bonds. The first-order valence-corrected chi connectivity index (χ1v) is 5.19. The third-order valence-corrected chi connectivity index (χ3v) is 3.68. The Balaban J connectivity index is 1.67. The lowest BCUT2D eigenvalue weighted by Gasteiger charge is -2.36. The SMILES string of the molecule is [CH2]C(CC1CCC1)C1CCC1. The second-order valence-electron chi connectivity index (χ2n) is 4.48. The lowest BCUT2D eigenvalue weighted by Crippen LogP contribution is -2.24. The standard InChI is InChI=1S/C11H19/c1-9(11-6-3-7-11)8-10-4-2-5-10/h9-11H,1-8H2. The van der Waals surface area contributed by atoms with Crippen LogP contribution in [0.1, 0.15) is 44.9 Å². The molecule has 0 bridgehead atoms. The van der Waals surface area contributed by atoms with Crippen LogP contribution in [0.2, 0.25) is 0 Å². The maximum absolute atomic E-state index is 4.28. The molecule has 0 heteroatoms. The molecule has 2 rings (SSSR count). The summed E-state index contributed by atoms with van der Waals surface area (Å²) >= 11 is 0. The van der Waals surface area contributed by atoms with Crippen LogP contribution in [0, 0.1) is 24.7 Å². The summed E-state index contributed by atoms with van der Waals surface area (Å²) in [7, 11) is 0. The van der Waals surface area contributed by atoms with Gasteiger partial charge in [0.05, 0.1) is 0 Å². The van der Waals surface area contributed by atoms with E-state index < -0.39 is 0 Å². The maximum atomic E-state index is 4.28. The summed E-state index contributed by atoms with van der Waals surface area (Å²) < 4.78 is 0. The largest absolute Gasteiger partial charge is 0.0528 e. The van der Waals surface area contributed by atoms with Crippen molar-refractivity contribution < 1.29 is 0 Å². The van der Waals surface area contributed by atoms with Gasteiger partial charge in [0.2, 0.25) is 0 Å². The molecular formula is C11H19. The first-order valence-electron chi connectivity index (χ1n) is 5.19. The summed E-state index contributed by atoms with van der Waals surface area (Å²) in [4.78, 5) is 0. The van der Waals surface area contributed by atoms with Crippen molar-refractivity contribution in [1.29, 1.82) is 0 Å². The summed E-state index contributed by atoms with van der Waals surface area (Å²) in [5.74, 6) is 2.88. The van der Waals surface area contributed by atoms with E-state index in [0.717, 1.165) is 17.8 Å². The Morgan fingerprint density at radius 2 is 1.73 bits per heavy atom. The van der Waals surface area contributed by atoms with Crippen LogP contribution in [0.25, 0.3) is 0 Å². The van der Waals surface area contributed by atoms with Crippen LogP contribution in [-0.4, -0.2) is 0 Å². The van der Waals surface area contributed by atoms with Crippen LogP contribution in [0.4, 0.5) is 0 Å². The van der Waals surface area contributed by atoms with Gasteiger partial charge in [-0.05, 0) is 31.1 Å². The molecule has 2 aliphatic rings. The van der Waals surface area contributed by atoms with E-state index in [1.165, 1.54) is 44.9 Å². The van der Waals surface area contributed by atoms with Gasteiger partial charge in [0.1, 0.15) is 0 Å². The third-order valence-electron chi connectivity index (χ3n) is 3.68. The van der Waals surface area contributed by atoms with Crippen molar-refractivity contribution in [3.63, 3.8) is 0 Å². The molecule has 1 atom stereocenters. The molecule has 0 nitrogen and oxygen atoms in total. The highest BCUT2D eigenvalue weighted by molar-refractivity contribution is 4.83. The molecule has 1 radical (unpaired) electrons. The lowest BCUT2D eigenvalue weighted by atomic mass is 9.70. The highest BCUT2D eigenvalue weighted by atomic mass is 14.3. The van der Waals surface area contributed by atoms with Crippen LogP contribution in [0.5, 0.6) is 0 Å². The highest BCUT2D eigenvalue weighted by Crippen LogP contribution is 2.40. The highest BCUT2D eigenvalue weighted by Gasteiger charge is 2.27. The van der Waals surface area contributed by atoms with E-state index >= 15 is 0 Å². The molecule has 0 N–H and O–H groups in total. The predicted molar refractivity (Wildman–Crippen MR) is 48.1 cm³/mol. The minimum atomic E-state index is 0.800. The molecule has 1 unspecified atom stereocenters. The zero-order valence-electron chi connectivity index (χ0n) is 7.39. The first kappa shape index (κ1) is 7.64. The van der Waals surface area contributed by atoms with Crippen molar-refractivity contribution >= 4 is 0 Å². The van der Waals surface area contributed by atoms with Gasteiger partial charge in [-0.15, -0.1) is 0 Å². The first-order chi connectivity index (χ1) is 5.36. The Hall–Kier alpha value is 0. The van der Waals surface area contributed by atoms with Crippen molar-refractivity contribution in [3.8, 4) is 0 Å². The van der Waals surface area contributed by atoms with Crippen molar-refractivity contribution in [2.24, 2.45) is 17.8 Å². The summed E-state index contributed by atoms with van der Waals surface area (Å²) in [6, 6.07) is 0. The van der Waals surface area contributed by atoms with Gasteiger partial charge in [0.25, 0.3) is 0 Å². The Morgan fingerprint density at radius 3 is 2.09 bits per heavy atom. The van der Waals surface area contributed by atoms with Crippen molar-refractivity contribution in [1.82, 2.24) is 0 Å². The van der Waals surface area contributed by atoms with Gasteiger partial charge in [0, 0.05) is 0 Å². The molecule has 2 aliphatic carbocycles. The molecule has 0 saturated heterocycles. The summed E-state index contributed by atoms with van der Waals surface area (Å²) in [6.07, 6.45) is 10.3. The van der Waals surface area contributed by atoms with Crippen LogP contribution in [-0.2, 0) is 0 Å². The molecule has 11 heavy (non-hydrogen) atoms. The van der Waals surface area contributed by atoms with Crippen LogP contribution < -0.4 is 0 Å². The zero-order chi connectivity index (χ0) is 7.68. The fourth-order valence-electron chi connectivity index (χ4n) is 2.26. The van der Waals surface area contributed by atoms with Crippen LogP contribution >= 0.6 is 0 Å². The number of rotatable bonds is 3. The molecule has 0 aromatic heterocycles. The molecule has 0 spiro atoms. The molecule has 0 aliphatic heterocycles. The lowest BCUT2D eigenvalue weighted by molar-refractivity contribution is 0.175. The van der Waals surface area contributed by atoms with Gasteiger partial charge < -0.3 is 0 Å². The third kappa shape index (κ3) is 1.60. The second kappa shape index (κ2) is 3.16. The van der Waals surface area contributed by atoms with Crippen molar-refractivity contribution in [3.05, 3.63) is 6.92 Å². The van der Waals surface area contributed by atoms with Gasteiger partial charge in [-0.3, -0.25) is 0 Å². The zero-order valence-corrected chi connectivity index (χ0v) is 7.39. The van der Waals surface area contributed by atoms with E-state index in [-0.39, 0.29) is 0 Å². The number of hydrogen-bond donors (Lipinski definition) is 0. The van der Waals surface area contributed by atoms with E-state index in [9.17, 15) is 0 Å². The smallest absolute Gasteiger partial charge is 0.0383 e. The molecular weight excluding hydrogens is 132 g/mol. The predicted octanol–water partition coefficient (Wildman–Crippen LogP) is 3.43. The van der Waals surface area contributed by atoms with E-state index in [4.69, 9.17) is 0 Å². The van der Waals surface area contributed by atoms with Crippen molar-refractivity contribution in [2.75, 3.05) is 0 Å². The summed E-state index contributed by atoms with van der Waals surface area (Å²) in [6.45, 7) is 4.28. The Bertz CT molecular complexity index is 120. The quantitative estimate of drug-likeness (QED) is 0.579. The average molecular weight is 151 g/mol. The van der Waals surface area contributed by atoms with Crippen LogP contribution in [0.3, 0.4) is 0 Å². The Morgan fingerprint density at radius 1 is 1.09 bits per heavy atom. The van der Waals surface area contributed by atoms with Gasteiger partial charge >= 0.3 is 0 Å². The molecule has 0 heterocycles. The van der Waals surface area contributed by atoms with Gasteiger partial charge in [-0.25, -0.2) is 0 Å². The van der Waals surface area contributed by atoms with E-state index in [1.54, 1.807) is 0 Å². The molecule has 63 valence electrons. The van der Waals surface area contributed by atoms with E-state index in [1.807, 2.05) is 0 Å².